The molecule has 1 saturated heterocycles. The van der Waals surface area contributed by atoms with E-state index in [9.17, 15) is 23.5 Å². The average Bonchev–Trinajstić information content (AvgIpc) is 3.24. The van der Waals surface area contributed by atoms with Crippen LogP contribution in [0.1, 0.15) is 11.3 Å². The first-order valence-electron chi connectivity index (χ1n) is 11.4. The topological polar surface area (TPSA) is 148 Å². The van der Waals surface area contributed by atoms with Crippen LogP contribution in [0.25, 0.3) is 28.0 Å². The van der Waals surface area contributed by atoms with E-state index >= 15 is 0 Å². The van der Waals surface area contributed by atoms with Gasteiger partial charge >= 0.3 is 12.1 Å². The number of aliphatic hydroxyl groups is 1. The fourth-order valence-electron chi connectivity index (χ4n) is 3.84. The van der Waals surface area contributed by atoms with E-state index in [-0.39, 0.29) is 0 Å². The van der Waals surface area contributed by atoms with Crippen LogP contribution in [-0.2, 0) is 4.79 Å². The molecule has 10 nitrogen and oxygen atoms in total. The highest BCUT2D eigenvalue weighted by Gasteiger charge is 2.38. The normalized spacial score (nSPS) is 14.1. The predicted molar refractivity (Wildman–Crippen MR) is 136 cm³/mol. The van der Waals surface area contributed by atoms with Gasteiger partial charge in [0.05, 0.1) is 17.2 Å². The molecule has 0 amide bonds. The van der Waals surface area contributed by atoms with Gasteiger partial charge in [0.25, 0.3) is 0 Å². The molecule has 39 heavy (non-hydrogen) atoms. The van der Waals surface area contributed by atoms with Crippen LogP contribution in [-0.4, -0.2) is 67.2 Å². The van der Waals surface area contributed by atoms with Crippen molar-refractivity contribution in [3.05, 3.63) is 65.1 Å². The molecule has 1 fully saturated rings. The van der Waals surface area contributed by atoms with Crippen LogP contribution in [0.15, 0.2) is 48.7 Å². The summed E-state index contributed by atoms with van der Waals surface area (Å²) in [6.07, 6.45) is -3.27. The summed E-state index contributed by atoms with van der Waals surface area (Å²) >= 11 is 6.27. The average molecular weight is 560 g/mol. The third-order valence-electron chi connectivity index (χ3n) is 5.75. The van der Waals surface area contributed by atoms with E-state index < -0.39 is 17.7 Å². The van der Waals surface area contributed by atoms with Crippen LogP contribution >= 0.6 is 11.6 Å². The minimum absolute atomic E-state index is 0.368. The lowest BCUT2D eigenvalue weighted by Gasteiger charge is -2.37. The summed E-state index contributed by atoms with van der Waals surface area (Å²) in [5.74, 6) is -2.14. The summed E-state index contributed by atoms with van der Waals surface area (Å²) in [6, 6.07) is 15.1. The Bertz CT molecular complexity index is 1560. The maximum atomic E-state index is 10.6. The molecule has 1 aliphatic heterocycles. The summed E-state index contributed by atoms with van der Waals surface area (Å²) in [6.45, 7) is 3.35. The first-order valence-corrected chi connectivity index (χ1v) is 11.8. The molecule has 0 unspecified atom stereocenters. The number of aliphatic carboxylic acids is 1. The van der Waals surface area contributed by atoms with Crippen molar-refractivity contribution in [1.82, 2.24) is 24.9 Å². The summed E-state index contributed by atoms with van der Waals surface area (Å²) in [7, 11) is 0. The molecule has 0 spiro atoms. The number of aromatic nitrogens is 4. The second kappa shape index (κ2) is 10.9. The lowest BCUT2D eigenvalue weighted by Crippen LogP contribution is -2.63. The number of benzene rings is 1. The maximum Gasteiger partial charge on any atom is 0.490 e. The number of carbonyl (C=O) groups is 1. The van der Waals surface area contributed by atoms with Gasteiger partial charge in [-0.2, -0.15) is 23.5 Å². The maximum absolute atomic E-state index is 10.6. The SMILES string of the molecule is Cc1cc(-c2c(-c3ccccc3C#N)nn3ccc(NCC4(O)CNC4)nc23)cc(Cl)n1.O=C(O)C(F)(F)F. The number of pyridine rings is 1. The third kappa shape index (κ3) is 6.26. The number of carboxylic acid groups (broad SMARTS) is 1. The van der Waals surface area contributed by atoms with E-state index in [1.165, 1.54) is 0 Å². The van der Waals surface area contributed by atoms with E-state index in [0.717, 1.165) is 16.8 Å². The number of hydrogen-bond donors (Lipinski definition) is 4. The van der Waals surface area contributed by atoms with E-state index in [0.29, 0.717) is 53.1 Å². The van der Waals surface area contributed by atoms with Crippen molar-refractivity contribution in [2.45, 2.75) is 18.7 Å². The molecule has 0 bridgehead atoms. The van der Waals surface area contributed by atoms with Crippen molar-refractivity contribution in [3.8, 4) is 28.5 Å². The zero-order valence-corrected chi connectivity index (χ0v) is 21.0. The van der Waals surface area contributed by atoms with E-state index in [1.54, 1.807) is 16.6 Å². The molecule has 0 saturated carbocycles. The van der Waals surface area contributed by atoms with Gasteiger partial charge in [-0.3, -0.25) is 0 Å². The highest BCUT2D eigenvalue weighted by atomic mass is 35.5. The van der Waals surface area contributed by atoms with Crippen molar-refractivity contribution < 1.29 is 28.2 Å². The number of nitriles is 1. The predicted octanol–water partition coefficient (Wildman–Crippen LogP) is 3.67. The Morgan fingerprint density at radius 1 is 1.26 bits per heavy atom. The molecule has 0 aliphatic carbocycles. The van der Waals surface area contributed by atoms with E-state index in [2.05, 4.69) is 21.7 Å². The fraction of sp³-hybridized carbons (Fsp3) is 0.240. The quantitative estimate of drug-likeness (QED) is 0.269. The number of anilines is 1. The summed E-state index contributed by atoms with van der Waals surface area (Å²) in [5, 5.41) is 38.6. The van der Waals surface area contributed by atoms with Gasteiger partial charge < -0.3 is 20.8 Å². The molecule has 4 aromatic rings. The molecule has 3 aromatic heterocycles. The monoisotopic (exact) mass is 559 g/mol. The van der Waals surface area contributed by atoms with Crippen molar-refractivity contribution >= 4 is 29.0 Å². The molecular weight excluding hydrogens is 539 g/mol. The van der Waals surface area contributed by atoms with E-state index in [4.69, 9.17) is 31.6 Å². The van der Waals surface area contributed by atoms with E-state index in [1.807, 2.05) is 43.5 Å². The number of aryl methyl sites for hydroxylation is 1. The van der Waals surface area contributed by atoms with Crippen LogP contribution in [0, 0.1) is 18.3 Å². The Hall–Kier alpha value is -4.25. The van der Waals surface area contributed by atoms with Gasteiger partial charge in [0, 0.05) is 37.1 Å². The molecule has 4 N–H and O–H groups in total. The molecule has 14 heteroatoms. The second-order valence-corrected chi connectivity index (χ2v) is 9.15. The first-order chi connectivity index (χ1) is 18.4. The van der Waals surface area contributed by atoms with Gasteiger partial charge in [-0.1, -0.05) is 29.8 Å². The molecule has 1 aliphatic rings. The van der Waals surface area contributed by atoms with Gasteiger partial charge in [0.15, 0.2) is 5.65 Å². The Morgan fingerprint density at radius 3 is 2.54 bits per heavy atom. The Morgan fingerprint density at radius 2 is 1.95 bits per heavy atom. The molecule has 5 rings (SSSR count). The summed E-state index contributed by atoms with van der Waals surface area (Å²) < 4.78 is 33.4. The summed E-state index contributed by atoms with van der Waals surface area (Å²) in [5.41, 5.74) is 4.04. The summed E-state index contributed by atoms with van der Waals surface area (Å²) in [4.78, 5) is 18.0. The van der Waals surface area contributed by atoms with Crippen molar-refractivity contribution in [1.29, 1.82) is 5.26 Å². The van der Waals surface area contributed by atoms with Crippen molar-refractivity contribution in [3.63, 3.8) is 0 Å². The third-order valence-corrected chi connectivity index (χ3v) is 5.94. The highest BCUT2D eigenvalue weighted by Crippen LogP contribution is 2.37. The number of alkyl halides is 3. The Balaban J connectivity index is 0.000000448. The first kappa shape index (κ1) is 27.8. The number of hydrogen-bond acceptors (Lipinski definition) is 8. The highest BCUT2D eigenvalue weighted by molar-refractivity contribution is 6.29. The fourth-order valence-corrected chi connectivity index (χ4v) is 4.09. The zero-order chi connectivity index (χ0) is 28.4. The minimum atomic E-state index is -5.08. The number of β-amino-alcohol motifs (C(OH)–C–C–N with tert-alkyl or cyclic N) is 1. The smallest absolute Gasteiger partial charge is 0.475 e. The number of rotatable bonds is 5. The minimum Gasteiger partial charge on any atom is -0.475 e. The molecular formula is C25H21ClF3N7O3. The van der Waals surface area contributed by atoms with Gasteiger partial charge in [-0.25, -0.2) is 19.3 Å². The molecule has 0 atom stereocenters. The molecule has 202 valence electrons. The number of halogens is 4. The van der Waals surface area contributed by atoms with Crippen LogP contribution < -0.4 is 10.6 Å². The number of carboxylic acids is 1. The Kier molecular flexibility index (Phi) is 7.73. The van der Waals surface area contributed by atoms with Crippen LogP contribution in [0.4, 0.5) is 19.0 Å². The number of nitrogens with one attached hydrogen (secondary N) is 2. The van der Waals surface area contributed by atoms with Crippen molar-refractivity contribution in [2.75, 3.05) is 25.0 Å². The Labute approximate surface area is 224 Å². The lowest BCUT2D eigenvalue weighted by atomic mass is 9.97. The van der Waals surface area contributed by atoms with Crippen molar-refractivity contribution in [2.24, 2.45) is 0 Å². The van der Waals surface area contributed by atoms with Gasteiger partial charge in [-0.05, 0) is 36.8 Å². The van der Waals surface area contributed by atoms with Crippen LogP contribution in [0.3, 0.4) is 0 Å². The zero-order valence-electron chi connectivity index (χ0n) is 20.3. The van der Waals surface area contributed by atoms with Gasteiger partial charge in [-0.15, -0.1) is 0 Å². The lowest BCUT2D eigenvalue weighted by molar-refractivity contribution is -0.192. The van der Waals surface area contributed by atoms with Crippen LogP contribution in [0.5, 0.6) is 0 Å². The number of nitrogens with zero attached hydrogens (tertiary/aromatic N) is 5. The van der Waals surface area contributed by atoms with Gasteiger partial charge in [0.1, 0.15) is 22.3 Å². The largest absolute Gasteiger partial charge is 0.490 e. The van der Waals surface area contributed by atoms with Gasteiger partial charge in [0.2, 0.25) is 0 Å². The standard InChI is InChI=1S/C23H20ClN7O.C2HF3O2/c1-14-8-16(9-18(24)28-14)20-21(17-5-3-2-4-15(17)10-25)30-31-7-6-19(29-22(20)31)27-13-23(32)11-26-12-23;3-2(4,5)1(6)7/h2-9,26,32H,11-13H2,1H3,(H,27,29);(H,6,7). The molecule has 1 aromatic carbocycles. The van der Waals surface area contributed by atoms with Crippen LogP contribution in [0.2, 0.25) is 5.15 Å². The second-order valence-electron chi connectivity index (χ2n) is 8.77. The molecule has 4 heterocycles. The molecule has 0 radical (unpaired) electrons. The number of fused-ring (bicyclic) bond motifs is 1.